The van der Waals surface area contributed by atoms with Crippen molar-refractivity contribution in [1.29, 1.82) is 0 Å². The molecule has 5 nitrogen and oxygen atoms in total. The minimum atomic E-state index is -4.44. The van der Waals surface area contributed by atoms with Gasteiger partial charge >= 0.3 is 6.18 Å². The van der Waals surface area contributed by atoms with Gasteiger partial charge in [0.2, 0.25) is 0 Å². The normalized spacial score (nSPS) is 11.3. The number of amides is 1. The van der Waals surface area contributed by atoms with Gasteiger partial charge in [-0.2, -0.15) is 13.2 Å². The Morgan fingerprint density at radius 3 is 2.59 bits per heavy atom. The molecule has 2 heterocycles. The Morgan fingerprint density at radius 2 is 1.89 bits per heavy atom. The molecule has 0 atom stereocenters. The number of aryl methyl sites for hydroxylation is 2. The maximum atomic E-state index is 12.9. The predicted molar refractivity (Wildman–Crippen MR) is 98.5 cm³/mol. The van der Waals surface area contributed by atoms with Crippen molar-refractivity contribution in [3.05, 3.63) is 64.6 Å². The fourth-order valence-corrected chi connectivity index (χ4v) is 3.22. The lowest BCUT2D eigenvalue weighted by Crippen LogP contribution is -2.14. The summed E-state index contributed by atoms with van der Waals surface area (Å²) in [6.45, 7) is 3.51. The molecule has 27 heavy (non-hydrogen) atoms. The molecule has 0 saturated heterocycles. The van der Waals surface area contributed by atoms with Crippen LogP contribution in [0.5, 0.6) is 0 Å². The second-order valence-electron chi connectivity index (χ2n) is 5.75. The van der Waals surface area contributed by atoms with E-state index in [-0.39, 0.29) is 11.4 Å². The summed E-state index contributed by atoms with van der Waals surface area (Å²) in [5, 5.41) is 6.57. The van der Waals surface area contributed by atoms with Crippen molar-refractivity contribution in [2.45, 2.75) is 20.0 Å². The number of anilines is 3. The first-order chi connectivity index (χ1) is 12.7. The molecule has 0 bridgehead atoms. The van der Waals surface area contributed by atoms with Crippen LogP contribution in [-0.4, -0.2) is 15.9 Å². The highest BCUT2D eigenvalue weighted by atomic mass is 32.1. The first-order valence-electron chi connectivity index (χ1n) is 7.88. The molecule has 0 fully saturated rings. The Kier molecular flexibility index (Phi) is 5.13. The first-order valence-corrected chi connectivity index (χ1v) is 8.70. The van der Waals surface area contributed by atoms with Gasteiger partial charge < -0.3 is 10.6 Å². The lowest BCUT2D eigenvalue weighted by molar-refractivity contribution is -0.137. The molecule has 0 unspecified atom stereocenters. The molecule has 3 aromatic rings. The fraction of sp³-hybridized carbons (Fsp3) is 0.167. The van der Waals surface area contributed by atoms with Crippen molar-refractivity contribution in [3.63, 3.8) is 0 Å². The van der Waals surface area contributed by atoms with Crippen LogP contribution in [0.3, 0.4) is 0 Å². The summed E-state index contributed by atoms with van der Waals surface area (Å²) in [5.74, 6) is -0.459. The van der Waals surface area contributed by atoms with Crippen LogP contribution in [-0.2, 0) is 6.18 Å². The summed E-state index contributed by atoms with van der Waals surface area (Å²) in [6, 6.07) is 8.13. The fourth-order valence-electron chi connectivity index (χ4n) is 2.38. The maximum Gasteiger partial charge on any atom is 0.416 e. The number of pyridine rings is 1. The van der Waals surface area contributed by atoms with E-state index in [1.165, 1.54) is 23.5 Å². The monoisotopic (exact) mass is 392 g/mol. The average Bonchev–Trinajstić information content (AvgIpc) is 2.95. The van der Waals surface area contributed by atoms with E-state index < -0.39 is 17.6 Å². The molecule has 0 radical (unpaired) electrons. The van der Waals surface area contributed by atoms with Gasteiger partial charge in [0.05, 0.1) is 10.6 Å². The number of halogens is 3. The molecule has 0 saturated carbocycles. The number of carbonyl (C=O) groups excluding carboxylic acids is 1. The minimum absolute atomic E-state index is 0.115. The largest absolute Gasteiger partial charge is 0.416 e. The van der Waals surface area contributed by atoms with Gasteiger partial charge in [0.1, 0.15) is 5.00 Å². The van der Waals surface area contributed by atoms with Gasteiger partial charge in [-0.25, -0.2) is 4.98 Å². The molecule has 0 aliphatic heterocycles. The van der Waals surface area contributed by atoms with Gasteiger partial charge in [0, 0.05) is 23.3 Å². The number of benzene rings is 1. The smallest absolute Gasteiger partial charge is 0.345 e. The molecule has 140 valence electrons. The number of thiazole rings is 1. The standard InChI is InChI=1S/C18H15F3N4OS/c1-10-8-14(6-7-22-10)24-16(26)15-17(27-11(2)23-15)25-13-5-3-4-12(9-13)18(19,20)21/h3-9,25H,1-2H3,(H,22,24,26). The van der Waals surface area contributed by atoms with E-state index in [4.69, 9.17) is 0 Å². The highest BCUT2D eigenvalue weighted by Crippen LogP contribution is 2.33. The Hall–Kier alpha value is -2.94. The number of carbonyl (C=O) groups is 1. The van der Waals surface area contributed by atoms with Gasteiger partial charge in [-0.3, -0.25) is 9.78 Å². The summed E-state index contributed by atoms with van der Waals surface area (Å²) >= 11 is 1.19. The number of nitrogens with zero attached hydrogens (tertiary/aromatic N) is 2. The van der Waals surface area contributed by atoms with Crippen molar-refractivity contribution < 1.29 is 18.0 Å². The van der Waals surface area contributed by atoms with Crippen LogP contribution in [0, 0.1) is 13.8 Å². The second-order valence-corrected chi connectivity index (χ2v) is 6.96. The van der Waals surface area contributed by atoms with Crippen LogP contribution >= 0.6 is 11.3 Å². The number of aromatic nitrogens is 2. The molecular formula is C18H15F3N4OS. The van der Waals surface area contributed by atoms with Gasteiger partial charge in [0.25, 0.3) is 5.91 Å². The summed E-state index contributed by atoms with van der Waals surface area (Å²) in [4.78, 5) is 20.8. The van der Waals surface area contributed by atoms with E-state index in [2.05, 4.69) is 20.6 Å². The van der Waals surface area contributed by atoms with Crippen molar-refractivity contribution in [1.82, 2.24) is 9.97 Å². The quantitative estimate of drug-likeness (QED) is 0.643. The van der Waals surface area contributed by atoms with Gasteiger partial charge in [-0.1, -0.05) is 6.07 Å². The van der Waals surface area contributed by atoms with Crippen molar-refractivity contribution in [2.24, 2.45) is 0 Å². The molecule has 2 aromatic heterocycles. The summed E-state index contributed by atoms with van der Waals surface area (Å²) < 4.78 is 38.7. The Morgan fingerprint density at radius 1 is 1.11 bits per heavy atom. The average molecular weight is 392 g/mol. The van der Waals surface area contributed by atoms with Crippen LogP contribution in [0.2, 0.25) is 0 Å². The molecule has 2 N–H and O–H groups in total. The number of hydrogen-bond acceptors (Lipinski definition) is 5. The number of alkyl halides is 3. The number of hydrogen-bond donors (Lipinski definition) is 2. The highest BCUT2D eigenvalue weighted by molar-refractivity contribution is 7.16. The van der Waals surface area contributed by atoms with E-state index in [1.807, 2.05) is 0 Å². The molecule has 3 rings (SSSR count). The number of nitrogens with one attached hydrogen (secondary N) is 2. The van der Waals surface area contributed by atoms with Crippen molar-refractivity contribution >= 4 is 33.6 Å². The zero-order valence-electron chi connectivity index (χ0n) is 14.4. The zero-order valence-corrected chi connectivity index (χ0v) is 15.2. The van der Waals surface area contributed by atoms with Crippen LogP contribution in [0.4, 0.5) is 29.5 Å². The van der Waals surface area contributed by atoms with E-state index in [1.54, 1.807) is 32.2 Å². The lowest BCUT2D eigenvalue weighted by atomic mass is 10.2. The summed E-state index contributed by atoms with van der Waals surface area (Å²) in [7, 11) is 0. The predicted octanol–water partition coefficient (Wildman–Crippen LogP) is 5.17. The van der Waals surface area contributed by atoms with Crippen LogP contribution in [0.1, 0.15) is 26.8 Å². The van der Waals surface area contributed by atoms with E-state index in [0.717, 1.165) is 17.8 Å². The van der Waals surface area contributed by atoms with Crippen LogP contribution < -0.4 is 10.6 Å². The third-order valence-corrected chi connectivity index (χ3v) is 4.44. The molecular weight excluding hydrogens is 377 g/mol. The number of rotatable bonds is 4. The summed E-state index contributed by atoms with van der Waals surface area (Å²) in [5.41, 5.74) is 0.867. The zero-order chi connectivity index (χ0) is 19.6. The Balaban J connectivity index is 1.85. The highest BCUT2D eigenvalue weighted by Gasteiger charge is 2.30. The molecule has 0 spiro atoms. The Labute approximate surface area is 157 Å². The minimum Gasteiger partial charge on any atom is -0.345 e. The van der Waals surface area contributed by atoms with Crippen molar-refractivity contribution in [2.75, 3.05) is 10.6 Å². The molecule has 9 heteroatoms. The van der Waals surface area contributed by atoms with Gasteiger partial charge in [-0.05, 0) is 44.2 Å². The topological polar surface area (TPSA) is 66.9 Å². The van der Waals surface area contributed by atoms with Gasteiger partial charge in [-0.15, -0.1) is 11.3 Å². The van der Waals surface area contributed by atoms with Crippen LogP contribution in [0.15, 0.2) is 42.6 Å². The third kappa shape index (κ3) is 4.62. The first kappa shape index (κ1) is 18.8. The molecule has 1 aromatic carbocycles. The molecule has 0 aliphatic carbocycles. The lowest BCUT2D eigenvalue weighted by Gasteiger charge is -2.10. The molecule has 0 aliphatic rings. The van der Waals surface area contributed by atoms with E-state index >= 15 is 0 Å². The maximum absolute atomic E-state index is 12.9. The third-order valence-electron chi connectivity index (χ3n) is 3.55. The van der Waals surface area contributed by atoms with E-state index in [0.29, 0.717) is 15.7 Å². The Bertz CT molecular complexity index is 985. The van der Waals surface area contributed by atoms with Gasteiger partial charge in [0.15, 0.2) is 5.69 Å². The van der Waals surface area contributed by atoms with Crippen molar-refractivity contribution in [3.8, 4) is 0 Å². The summed E-state index contributed by atoms with van der Waals surface area (Å²) in [6.07, 6.45) is -2.88. The SMILES string of the molecule is Cc1cc(NC(=O)c2nc(C)sc2Nc2cccc(C(F)(F)F)c2)ccn1. The van der Waals surface area contributed by atoms with Crippen LogP contribution in [0.25, 0.3) is 0 Å². The van der Waals surface area contributed by atoms with E-state index in [9.17, 15) is 18.0 Å². The second kappa shape index (κ2) is 7.36. The molecule has 1 amide bonds.